The molecule has 0 aliphatic heterocycles. The van der Waals surface area contributed by atoms with Gasteiger partial charge >= 0.3 is 5.97 Å². The van der Waals surface area contributed by atoms with Crippen LogP contribution in [0, 0.1) is 0 Å². The first-order valence-corrected chi connectivity index (χ1v) is 6.86. The Hall–Kier alpha value is -2.41. The van der Waals surface area contributed by atoms with Crippen LogP contribution in [0.4, 0.5) is 4.39 Å². The third-order valence-electron chi connectivity index (χ3n) is 2.82. The normalized spacial score (nSPS) is 11.3. The lowest BCUT2D eigenvalue weighted by Gasteiger charge is -2.05. The number of benzene rings is 1. The minimum atomic E-state index is -1.18. The molecule has 0 fully saturated rings. The Kier molecular flexibility index (Phi) is 4.77. The highest BCUT2D eigenvalue weighted by Gasteiger charge is 2.12. The predicted octanol–water partition coefficient (Wildman–Crippen LogP) is 3.72. The molecule has 0 saturated carbocycles. The number of rotatable bonds is 4. The van der Waals surface area contributed by atoms with Crippen molar-refractivity contribution in [2.24, 2.45) is 0 Å². The van der Waals surface area contributed by atoms with Crippen molar-refractivity contribution in [1.82, 2.24) is 4.98 Å². The lowest BCUT2D eigenvalue weighted by atomic mass is 10.1. The van der Waals surface area contributed by atoms with Gasteiger partial charge in [-0.2, -0.15) is 0 Å². The fraction of sp³-hybridized carbons (Fsp3) is 0.0667. The number of carboxylic acids is 1. The van der Waals surface area contributed by atoms with Crippen molar-refractivity contribution in [2.75, 3.05) is 7.11 Å². The van der Waals surface area contributed by atoms with Crippen LogP contribution in [0.5, 0.6) is 11.6 Å². The maximum Gasteiger partial charge on any atom is 0.335 e. The summed E-state index contributed by atoms with van der Waals surface area (Å²) in [4.78, 5) is 14.8. The molecular weight excluding hydrogens is 357 g/mol. The fourth-order valence-corrected chi connectivity index (χ4v) is 2.12. The van der Waals surface area contributed by atoms with Crippen LogP contribution in [0.25, 0.3) is 11.9 Å². The monoisotopic (exact) mass is 367 g/mol. The highest BCUT2D eigenvalue weighted by atomic mass is 79.9. The van der Waals surface area contributed by atoms with Crippen LogP contribution in [0.2, 0.25) is 0 Å². The van der Waals surface area contributed by atoms with E-state index in [1.54, 1.807) is 12.1 Å². The number of hydrogen-bond acceptors (Lipinski definition) is 4. The highest BCUT2D eigenvalue weighted by Crippen LogP contribution is 2.30. The average molecular weight is 368 g/mol. The summed E-state index contributed by atoms with van der Waals surface area (Å²) in [6, 6.07) is 6.79. The van der Waals surface area contributed by atoms with Crippen molar-refractivity contribution in [1.29, 1.82) is 0 Å². The minimum absolute atomic E-state index is 0.0149. The fourth-order valence-electron chi connectivity index (χ4n) is 1.71. The molecule has 0 aliphatic carbocycles. The highest BCUT2D eigenvalue weighted by molar-refractivity contribution is 9.10. The van der Waals surface area contributed by atoms with E-state index in [1.165, 1.54) is 19.2 Å². The number of halogens is 2. The average Bonchev–Trinajstić information content (AvgIpc) is 2.49. The Morgan fingerprint density at radius 3 is 2.68 bits per heavy atom. The molecule has 0 atom stereocenters. The van der Waals surface area contributed by atoms with Crippen molar-refractivity contribution in [3.05, 3.63) is 51.6 Å². The molecule has 114 valence electrons. The van der Waals surface area contributed by atoms with Gasteiger partial charge in [0.1, 0.15) is 11.4 Å². The maximum atomic E-state index is 14.3. The summed E-state index contributed by atoms with van der Waals surface area (Å²) in [5, 5.41) is 18.6. The standard InChI is InChI=1S/C15H11BrFNO4/c1-22-13-5-4-10(16)14(18-13)11(17)6-8-2-3-9(15(20)21)7-12(8)19/h2-7,19H,1H3,(H,20,21). The molecule has 7 heteroatoms. The first-order chi connectivity index (χ1) is 10.4. The molecular formula is C15H11BrFNO4. The van der Waals surface area contributed by atoms with Gasteiger partial charge in [0.25, 0.3) is 0 Å². The largest absolute Gasteiger partial charge is 0.507 e. The van der Waals surface area contributed by atoms with Gasteiger partial charge in [0.2, 0.25) is 5.88 Å². The molecule has 2 rings (SSSR count). The molecule has 2 N–H and O–H groups in total. The van der Waals surface area contributed by atoms with E-state index in [1.807, 2.05) is 0 Å². The van der Waals surface area contributed by atoms with E-state index in [4.69, 9.17) is 9.84 Å². The van der Waals surface area contributed by atoms with Gasteiger partial charge in [-0.3, -0.25) is 0 Å². The SMILES string of the molecule is COc1ccc(Br)c(C(F)=Cc2ccc(C(=O)O)cc2O)n1. The van der Waals surface area contributed by atoms with Crippen molar-refractivity contribution < 1.29 is 24.1 Å². The second-order valence-electron chi connectivity index (χ2n) is 4.26. The summed E-state index contributed by atoms with van der Waals surface area (Å²) >= 11 is 3.18. The summed E-state index contributed by atoms with van der Waals surface area (Å²) in [5.41, 5.74) is 0.0656. The van der Waals surface area contributed by atoms with E-state index in [0.29, 0.717) is 4.47 Å². The van der Waals surface area contributed by atoms with Gasteiger partial charge in [0, 0.05) is 16.1 Å². The number of carbonyl (C=O) groups is 1. The number of phenols is 1. The van der Waals surface area contributed by atoms with Gasteiger partial charge in [-0.1, -0.05) is 6.07 Å². The Bertz CT molecular complexity index is 761. The zero-order valence-corrected chi connectivity index (χ0v) is 13.0. The number of aromatic carboxylic acids is 1. The first-order valence-electron chi connectivity index (χ1n) is 6.06. The number of phenolic OH excluding ortho intramolecular Hbond substituents is 1. The predicted molar refractivity (Wildman–Crippen MR) is 82.5 cm³/mol. The van der Waals surface area contributed by atoms with Crippen molar-refractivity contribution in [3.63, 3.8) is 0 Å². The van der Waals surface area contributed by atoms with Crippen LogP contribution in [0.1, 0.15) is 21.6 Å². The molecule has 2 aromatic rings. The Morgan fingerprint density at radius 1 is 1.36 bits per heavy atom. The Balaban J connectivity index is 2.43. The van der Waals surface area contributed by atoms with E-state index in [0.717, 1.165) is 12.1 Å². The summed E-state index contributed by atoms with van der Waals surface area (Å²) < 4.78 is 19.7. The smallest absolute Gasteiger partial charge is 0.335 e. The van der Waals surface area contributed by atoms with Crippen LogP contribution in [-0.2, 0) is 0 Å². The van der Waals surface area contributed by atoms with Gasteiger partial charge in [0.05, 0.1) is 12.7 Å². The van der Waals surface area contributed by atoms with Crippen LogP contribution in [0.15, 0.2) is 34.8 Å². The number of aromatic nitrogens is 1. The summed E-state index contributed by atoms with van der Waals surface area (Å²) in [5.74, 6) is -1.98. The Morgan fingerprint density at radius 2 is 2.09 bits per heavy atom. The van der Waals surface area contributed by atoms with Crippen LogP contribution in [-0.4, -0.2) is 28.3 Å². The lowest BCUT2D eigenvalue weighted by molar-refractivity contribution is 0.0696. The van der Waals surface area contributed by atoms with Gasteiger partial charge in [0.15, 0.2) is 5.83 Å². The zero-order chi connectivity index (χ0) is 16.3. The summed E-state index contributed by atoms with van der Waals surface area (Å²) in [6.45, 7) is 0. The second-order valence-corrected chi connectivity index (χ2v) is 5.11. The topological polar surface area (TPSA) is 79.7 Å². The number of carboxylic acid groups (broad SMARTS) is 1. The van der Waals surface area contributed by atoms with E-state index in [-0.39, 0.29) is 28.5 Å². The number of nitrogens with zero attached hydrogens (tertiary/aromatic N) is 1. The minimum Gasteiger partial charge on any atom is -0.507 e. The summed E-state index contributed by atoms with van der Waals surface area (Å²) in [7, 11) is 1.41. The van der Waals surface area contributed by atoms with E-state index in [2.05, 4.69) is 20.9 Å². The molecule has 0 aliphatic rings. The third kappa shape index (κ3) is 3.43. The molecule has 0 amide bonds. The van der Waals surface area contributed by atoms with E-state index in [9.17, 15) is 14.3 Å². The number of hydrogen-bond donors (Lipinski definition) is 2. The van der Waals surface area contributed by atoms with Crippen molar-refractivity contribution in [3.8, 4) is 11.6 Å². The van der Waals surface area contributed by atoms with E-state index >= 15 is 0 Å². The van der Waals surface area contributed by atoms with Crippen molar-refractivity contribution in [2.45, 2.75) is 0 Å². The molecule has 1 heterocycles. The molecule has 0 unspecified atom stereocenters. The van der Waals surface area contributed by atoms with Gasteiger partial charge in [-0.05, 0) is 40.2 Å². The summed E-state index contributed by atoms with van der Waals surface area (Å²) in [6.07, 6.45) is 1.06. The van der Waals surface area contributed by atoms with Crippen LogP contribution in [0.3, 0.4) is 0 Å². The number of ether oxygens (including phenoxy) is 1. The van der Waals surface area contributed by atoms with Crippen molar-refractivity contribution >= 4 is 33.8 Å². The van der Waals surface area contributed by atoms with Crippen LogP contribution < -0.4 is 4.74 Å². The molecule has 22 heavy (non-hydrogen) atoms. The number of methoxy groups -OCH3 is 1. The first kappa shape index (κ1) is 16.0. The van der Waals surface area contributed by atoms with Gasteiger partial charge in [-0.15, -0.1) is 0 Å². The van der Waals surface area contributed by atoms with Gasteiger partial charge < -0.3 is 14.9 Å². The molecule has 5 nitrogen and oxygen atoms in total. The number of pyridine rings is 1. The molecule has 0 radical (unpaired) electrons. The second kappa shape index (κ2) is 6.57. The third-order valence-corrected chi connectivity index (χ3v) is 3.46. The Labute approximate surface area is 133 Å². The maximum absolute atomic E-state index is 14.3. The molecule has 1 aromatic heterocycles. The van der Waals surface area contributed by atoms with E-state index < -0.39 is 11.8 Å². The molecule has 0 bridgehead atoms. The quantitative estimate of drug-likeness (QED) is 0.860. The zero-order valence-electron chi connectivity index (χ0n) is 11.4. The lowest BCUT2D eigenvalue weighted by Crippen LogP contribution is -1.96. The molecule has 0 spiro atoms. The molecule has 1 aromatic carbocycles. The van der Waals surface area contributed by atoms with Gasteiger partial charge in [-0.25, -0.2) is 14.2 Å². The molecule has 0 saturated heterocycles. The number of aromatic hydroxyl groups is 1. The van der Waals surface area contributed by atoms with Crippen LogP contribution >= 0.6 is 15.9 Å².